The summed E-state index contributed by atoms with van der Waals surface area (Å²) in [5.41, 5.74) is 2.87. The van der Waals surface area contributed by atoms with E-state index in [9.17, 15) is 4.79 Å². The Morgan fingerprint density at radius 2 is 1.57 bits per heavy atom. The van der Waals surface area contributed by atoms with Crippen LogP contribution in [0.4, 0.5) is 0 Å². The molecular weight excluding hydrogens is 284 g/mol. The number of benzene rings is 3. The van der Waals surface area contributed by atoms with E-state index in [1.807, 2.05) is 55.5 Å². The van der Waals surface area contributed by atoms with Crippen LogP contribution >= 0.6 is 0 Å². The summed E-state index contributed by atoms with van der Waals surface area (Å²) in [5, 5.41) is 2.33. The van der Waals surface area contributed by atoms with E-state index >= 15 is 0 Å². The van der Waals surface area contributed by atoms with Gasteiger partial charge in [0.2, 0.25) is 0 Å². The van der Waals surface area contributed by atoms with Crippen molar-refractivity contribution in [3.8, 4) is 0 Å². The second-order valence-corrected chi connectivity index (χ2v) is 5.24. The highest BCUT2D eigenvalue weighted by molar-refractivity contribution is 5.98. The topological polar surface area (TPSA) is 26.3 Å². The minimum Gasteiger partial charge on any atom is -0.463 e. The molecule has 0 aliphatic carbocycles. The molecule has 0 aliphatic rings. The summed E-state index contributed by atoms with van der Waals surface area (Å²) in [4.78, 5) is 12.0. The van der Waals surface area contributed by atoms with Crippen LogP contribution in [0.2, 0.25) is 0 Å². The second kappa shape index (κ2) is 6.93. The van der Waals surface area contributed by atoms with Gasteiger partial charge in [0, 0.05) is 6.08 Å². The molecule has 0 atom stereocenters. The summed E-state index contributed by atoms with van der Waals surface area (Å²) in [6, 6.07) is 24.3. The number of rotatable bonds is 4. The van der Waals surface area contributed by atoms with Gasteiger partial charge in [-0.05, 0) is 40.5 Å². The smallest absolute Gasteiger partial charge is 0.331 e. The molecule has 0 bridgehead atoms. The number of hydrogen-bond acceptors (Lipinski definition) is 2. The van der Waals surface area contributed by atoms with Gasteiger partial charge in [-0.1, -0.05) is 66.7 Å². The average molecular weight is 302 g/mol. The van der Waals surface area contributed by atoms with Crippen LogP contribution in [0.1, 0.15) is 18.1 Å². The molecule has 0 saturated carbocycles. The monoisotopic (exact) mass is 302 g/mol. The lowest BCUT2D eigenvalue weighted by atomic mass is 9.95. The molecule has 0 heterocycles. The highest BCUT2D eigenvalue weighted by atomic mass is 16.5. The molecule has 23 heavy (non-hydrogen) atoms. The van der Waals surface area contributed by atoms with E-state index in [-0.39, 0.29) is 5.97 Å². The van der Waals surface area contributed by atoms with Gasteiger partial charge in [-0.2, -0.15) is 0 Å². The molecule has 0 N–H and O–H groups in total. The van der Waals surface area contributed by atoms with Crippen LogP contribution < -0.4 is 0 Å². The minimum absolute atomic E-state index is 0.320. The van der Waals surface area contributed by atoms with Crippen LogP contribution in [0.25, 0.3) is 16.3 Å². The van der Waals surface area contributed by atoms with Crippen molar-refractivity contribution in [2.45, 2.75) is 6.92 Å². The minimum atomic E-state index is -0.320. The van der Waals surface area contributed by atoms with Gasteiger partial charge in [0.15, 0.2) is 0 Å². The summed E-state index contributed by atoms with van der Waals surface area (Å²) in [6.45, 7) is 2.18. The maximum atomic E-state index is 12.0. The molecule has 3 rings (SSSR count). The zero-order valence-electron chi connectivity index (χ0n) is 13.0. The van der Waals surface area contributed by atoms with E-state index in [0.717, 1.165) is 22.1 Å². The predicted molar refractivity (Wildman–Crippen MR) is 94.1 cm³/mol. The summed E-state index contributed by atoms with van der Waals surface area (Å²) in [7, 11) is 0. The second-order valence-electron chi connectivity index (χ2n) is 5.24. The van der Waals surface area contributed by atoms with Crippen LogP contribution in [0.15, 0.2) is 78.9 Å². The van der Waals surface area contributed by atoms with E-state index in [1.54, 1.807) is 6.08 Å². The van der Waals surface area contributed by atoms with Crippen LogP contribution in [-0.4, -0.2) is 12.6 Å². The third kappa shape index (κ3) is 3.49. The lowest BCUT2D eigenvalue weighted by Crippen LogP contribution is -2.01. The summed E-state index contributed by atoms with van der Waals surface area (Å²) in [6.07, 6.45) is 1.57. The van der Waals surface area contributed by atoms with Crippen molar-refractivity contribution >= 4 is 22.3 Å². The van der Waals surface area contributed by atoms with Gasteiger partial charge in [-0.15, -0.1) is 0 Å². The Morgan fingerprint density at radius 3 is 2.30 bits per heavy atom. The number of ether oxygens (including phenoxy) is 1. The van der Waals surface area contributed by atoms with E-state index < -0.39 is 0 Å². The van der Waals surface area contributed by atoms with E-state index in [4.69, 9.17) is 4.74 Å². The van der Waals surface area contributed by atoms with Crippen molar-refractivity contribution in [3.63, 3.8) is 0 Å². The Morgan fingerprint density at radius 1 is 0.870 bits per heavy atom. The number of carbonyl (C=O) groups excluding carboxylic acids is 1. The first-order valence-corrected chi connectivity index (χ1v) is 7.71. The average Bonchev–Trinajstić information content (AvgIpc) is 2.60. The SMILES string of the molecule is CCOC(=O)/C=C(\c1ccccc1)c1ccc2ccccc2c1. The molecule has 0 spiro atoms. The molecule has 0 amide bonds. The molecule has 0 aromatic heterocycles. The molecule has 2 nitrogen and oxygen atoms in total. The molecule has 114 valence electrons. The maximum Gasteiger partial charge on any atom is 0.331 e. The maximum absolute atomic E-state index is 12.0. The number of carbonyl (C=O) groups is 1. The molecule has 0 unspecified atom stereocenters. The largest absolute Gasteiger partial charge is 0.463 e. The van der Waals surface area contributed by atoms with E-state index in [1.165, 1.54) is 5.39 Å². The zero-order chi connectivity index (χ0) is 16.1. The molecule has 0 saturated heterocycles. The first-order valence-electron chi connectivity index (χ1n) is 7.71. The lowest BCUT2D eigenvalue weighted by molar-refractivity contribution is -0.137. The highest BCUT2D eigenvalue weighted by Gasteiger charge is 2.09. The molecule has 3 aromatic carbocycles. The molecule has 0 radical (unpaired) electrons. The fourth-order valence-corrected chi connectivity index (χ4v) is 2.61. The Balaban J connectivity index is 2.11. The summed E-state index contributed by atoms with van der Waals surface area (Å²) in [5.74, 6) is -0.320. The summed E-state index contributed by atoms with van der Waals surface area (Å²) >= 11 is 0. The van der Waals surface area contributed by atoms with Crippen molar-refractivity contribution in [1.82, 2.24) is 0 Å². The van der Waals surface area contributed by atoms with Crippen LogP contribution in [0, 0.1) is 0 Å². The van der Waals surface area contributed by atoms with Crippen molar-refractivity contribution in [3.05, 3.63) is 90.0 Å². The quantitative estimate of drug-likeness (QED) is 0.509. The van der Waals surface area contributed by atoms with Gasteiger partial charge in [-0.3, -0.25) is 0 Å². The normalized spacial score (nSPS) is 11.4. The first-order chi connectivity index (χ1) is 11.3. The Hall–Kier alpha value is -2.87. The van der Waals surface area contributed by atoms with Crippen molar-refractivity contribution in [2.24, 2.45) is 0 Å². The van der Waals surface area contributed by atoms with Gasteiger partial charge in [0.25, 0.3) is 0 Å². The van der Waals surface area contributed by atoms with Crippen LogP contribution in [0.3, 0.4) is 0 Å². The first kappa shape index (κ1) is 15.0. The molecule has 3 aromatic rings. The lowest BCUT2D eigenvalue weighted by Gasteiger charge is -2.10. The van der Waals surface area contributed by atoms with Gasteiger partial charge < -0.3 is 4.74 Å². The van der Waals surface area contributed by atoms with Gasteiger partial charge in [-0.25, -0.2) is 4.79 Å². The molecular formula is C21H18O2. The van der Waals surface area contributed by atoms with Crippen LogP contribution in [0.5, 0.6) is 0 Å². The Bertz CT molecular complexity index is 848. The van der Waals surface area contributed by atoms with E-state index in [2.05, 4.69) is 24.3 Å². The predicted octanol–water partition coefficient (Wildman–Crippen LogP) is 4.83. The molecule has 0 aliphatic heterocycles. The third-order valence-corrected chi connectivity index (χ3v) is 3.69. The van der Waals surface area contributed by atoms with Gasteiger partial charge in [0.1, 0.15) is 0 Å². The third-order valence-electron chi connectivity index (χ3n) is 3.69. The Kier molecular flexibility index (Phi) is 4.53. The molecule has 0 fully saturated rings. The number of hydrogen-bond donors (Lipinski definition) is 0. The number of esters is 1. The van der Waals surface area contributed by atoms with Crippen LogP contribution in [-0.2, 0) is 9.53 Å². The highest BCUT2D eigenvalue weighted by Crippen LogP contribution is 2.26. The number of fused-ring (bicyclic) bond motifs is 1. The summed E-state index contributed by atoms with van der Waals surface area (Å²) < 4.78 is 5.09. The Labute approximate surface area is 136 Å². The molecule has 2 heteroatoms. The van der Waals surface area contributed by atoms with E-state index in [0.29, 0.717) is 6.61 Å². The standard InChI is InChI=1S/C21H18O2/c1-2-23-21(22)15-20(17-9-4-3-5-10-17)19-13-12-16-8-6-7-11-18(16)14-19/h3-15H,2H2,1H3/b20-15+. The fourth-order valence-electron chi connectivity index (χ4n) is 2.61. The zero-order valence-corrected chi connectivity index (χ0v) is 13.0. The van der Waals surface area contributed by atoms with Crippen molar-refractivity contribution < 1.29 is 9.53 Å². The van der Waals surface area contributed by atoms with Gasteiger partial charge in [0.05, 0.1) is 6.61 Å². The fraction of sp³-hybridized carbons (Fsp3) is 0.0952. The van der Waals surface area contributed by atoms with Gasteiger partial charge >= 0.3 is 5.97 Å². The van der Waals surface area contributed by atoms with Crippen molar-refractivity contribution in [1.29, 1.82) is 0 Å². The van der Waals surface area contributed by atoms with Crippen molar-refractivity contribution in [2.75, 3.05) is 6.61 Å².